The minimum atomic E-state index is -3.23. The number of hydrogen-bond donors (Lipinski definition) is 1. The third kappa shape index (κ3) is 4.18. The Labute approximate surface area is 148 Å². The zero-order valence-electron chi connectivity index (χ0n) is 14.4. The Hall–Kier alpha value is -0.920. The van der Waals surface area contributed by atoms with Crippen molar-refractivity contribution in [2.24, 2.45) is 5.92 Å². The summed E-state index contributed by atoms with van der Waals surface area (Å²) in [6.07, 6.45) is 7.39. The van der Waals surface area contributed by atoms with Crippen LogP contribution in [0.3, 0.4) is 0 Å². The van der Waals surface area contributed by atoms with E-state index in [1.54, 1.807) is 11.3 Å². The van der Waals surface area contributed by atoms with Gasteiger partial charge < -0.3 is 4.90 Å². The molecule has 1 aliphatic heterocycles. The summed E-state index contributed by atoms with van der Waals surface area (Å²) in [5, 5.41) is 0. The summed E-state index contributed by atoms with van der Waals surface area (Å²) in [6.45, 7) is 3.29. The van der Waals surface area contributed by atoms with Crippen LogP contribution in [-0.2, 0) is 22.9 Å². The van der Waals surface area contributed by atoms with Crippen LogP contribution in [0.4, 0.5) is 0 Å². The first kappa shape index (κ1) is 17.9. The number of carbonyl (C=O) groups excluding carboxylic acids is 1. The first-order valence-corrected chi connectivity index (χ1v) is 11.4. The first-order chi connectivity index (χ1) is 11.3. The minimum Gasteiger partial charge on any atom is -0.334 e. The molecule has 1 N–H and O–H groups in total. The van der Waals surface area contributed by atoms with Crippen molar-refractivity contribution in [1.29, 1.82) is 0 Å². The highest BCUT2D eigenvalue weighted by Crippen LogP contribution is 2.33. The Bertz CT molecular complexity index is 711. The number of rotatable bonds is 4. The van der Waals surface area contributed by atoms with Crippen LogP contribution in [0.2, 0.25) is 0 Å². The van der Waals surface area contributed by atoms with Gasteiger partial charge in [-0.05, 0) is 56.1 Å². The van der Waals surface area contributed by atoms with Gasteiger partial charge in [0.2, 0.25) is 10.0 Å². The molecule has 1 fully saturated rings. The highest BCUT2D eigenvalue weighted by atomic mass is 32.2. The summed E-state index contributed by atoms with van der Waals surface area (Å²) in [4.78, 5) is 17.1. The van der Waals surface area contributed by atoms with Crippen molar-refractivity contribution in [3.63, 3.8) is 0 Å². The number of amides is 1. The minimum absolute atomic E-state index is 0.0426. The highest BCUT2D eigenvalue weighted by molar-refractivity contribution is 7.88. The molecule has 2 heterocycles. The molecule has 0 aromatic carbocycles. The second kappa shape index (κ2) is 7.14. The van der Waals surface area contributed by atoms with Crippen molar-refractivity contribution >= 4 is 27.3 Å². The fourth-order valence-electron chi connectivity index (χ4n) is 3.68. The molecule has 1 amide bonds. The normalized spacial score (nSPS) is 24.7. The molecule has 0 radical (unpaired) electrons. The molecule has 1 saturated heterocycles. The first-order valence-electron chi connectivity index (χ1n) is 8.70. The summed E-state index contributed by atoms with van der Waals surface area (Å²) >= 11 is 1.63. The number of nitrogens with zero attached hydrogens (tertiary/aromatic N) is 1. The molecule has 134 valence electrons. The molecule has 1 aromatic heterocycles. The van der Waals surface area contributed by atoms with Gasteiger partial charge in [0.25, 0.3) is 5.91 Å². The number of thiophene rings is 1. The molecule has 7 heteroatoms. The molecule has 5 nitrogen and oxygen atoms in total. The predicted molar refractivity (Wildman–Crippen MR) is 97.0 cm³/mol. The number of likely N-dealkylation sites (tertiary alicyclic amines) is 1. The number of carbonyl (C=O) groups is 1. The van der Waals surface area contributed by atoms with E-state index < -0.39 is 10.0 Å². The molecule has 3 rings (SSSR count). The van der Waals surface area contributed by atoms with Crippen molar-refractivity contribution in [1.82, 2.24) is 9.62 Å². The second-order valence-electron chi connectivity index (χ2n) is 7.18. The van der Waals surface area contributed by atoms with E-state index in [2.05, 4.69) is 17.7 Å². The van der Waals surface area contributed by atoms with Crippen molar-refractivity contribution in [2.75, 3.05) is 19.3 Å². The quantitative estimate of drug-likeness (QED) is 0.885. The number of hydrogen-bond acceptors (Lipinski definition) is 4. The third-order valence-electron chi connectivity index (χ3n) is 5.01. The average molecular weight is 371 g/mol. The molecular weight excluding hydrogens is 344 g/mol. The van der Waals surface area contributed by atoms with Gasteiger partial charge in [0.15, 0.2) is 0 Å². The van der Waals surface area contributed by atoms with E-state index in [4.69, 9.17) is 0 Å². The van der Waals surface area contributed by atoms with Crippen molar-refractivity contribution in [3.05, 3.63) is 21.4 Å². The Kier molecular flexibility index (Phi) is 5.32. The van der Waals surface area contributed by atoms with E-state index in [0.29, 0.717) is 19.0 Å². The summed E-state index contributed by atoms with van der Waals surface area (Å²) in [6, 6.07) is 2.03. The zero-order valence-corrected chi connectivity index (χ0v) is 16.0. The monoisotopic (exact) mass is 370 g/mol. The van der Waals surface area contributed by atoms with E-state index in [0.717, 1.165) is 43.2 Å². The van der Waals surface area contributed by atoms with Gasteiger partial charge >= 0.3 is 0 Å². The molecule has 1 aliphatic carbocycles. The Morgan fingerprint density at radius 2 is 2.17 bits per heavy atom. The molecular formula is C17H26N2O3S2. The van der Waals surface area contributed by atoms with Gasteiger partial charge in [0.05, 0.1) is 11.1 Å². The van der Waals surface area contributed by atoms with Gasteiger partial charge in [-0.15, -0.1) is 11.3 Å². The van der Waals surface area contributed by atoms with E-state index in [1.807, 2.05) is 4.90 Å². The molecule has 0 bridgehead atoms. The number of aryl methyl sites for hydroxylation is 1. The summed E-state index contributed by atoms with van der Waals surface area (Å²) in [7, 11) is -3.23. The number of piperidine rings is 1. The van der Waals surface area contributed by atoms with Crippen LogP contribution in [0.1, 0.15) is 52.7 Å². The van der Waals surface area contributed by atoms with Crippen molar-refractivity contribution < 1.29 is 13.2 Å². The Morgan fingerprint density at radius 3 is 2.92 bits per heavy atom. The zero-order chi connectivity index (χ0) is 17.3. The number of sulfonamides is 1. The predicted octanol–water partition coefficient (Wildman–Crippen LogP) is 2.42. The van der Waals surface area contributed by atoms with Crippen molar-refractivity contribution in [2.45, 2.75) is 51.5 Å². The largest absolute Gasteiger partial charge is 0.334 e. The van der Waals surface area contributed by atoms with Crippen molar-refractivity contribution in [3.8, 4) is 0 Å². The van der Waals surface area contributed by atoms with E-state index in [-0.39, 0.29) is 11.9 Å². The van der Waals surface area contributed by atoms with Gasteiger partial charge in [-0.2, -0.15) is 0 Å². The van der Waals surface area contributed by atoms with E-state index in [9.17, 15) is 13.2 Å². The van der Waals surface area contributed by atoms with Crippen LogP contribution in [0.5, 0.6) is 0 Å². The number of nitrogens with one attached hydrogen (secondary N) is 1. The summed E-state index contributed by atoms with van der Waals surface area (Å²) in [5.41, 5.74) is 1.34. The third-order valence-corrected chi connectivity index (χ3v) is 6.93. The van der Waals surface area contributed by atoms with Gasteiger partial charge in [-0.3, -0.25) is 4.79 Å². The maximum atomic E-state index is 13.0. The maximum absolute atomic E-state index is 13.0. The Balaban J connectivity index is 1.74. The van der Waals surface area contributed by atoms with Gasteiger partial charge in [-0.1, -0.05) is 6.92 Å². The topological polar surface area (TPSA) is 66.5 Å². The fourth-order valence-corrected chi connectivity index (χ4v) is 5.34. The van der Waals surface area contributed by atoms with Crippen LogP contribution in [0, 0.1) is 5.92 Å². The SMILES string of the molecule is CC1CCc2sc(C(=O)N3CCCCC3CNS(C)(=O)=O)cc2C1. The van der Waals surface area contributed by atoms with E-state index in [1.165, 1.54) is 16.9 Å². The summed E-state index contributed by atoms with van der Waals surface area (Å²) < 4.78 is 25.3. The lowest BCUT2D eigenvalue weighted by atomic mass is 9.90. The van der Waals surface area contributed by atoms with Gasteiger partial charge in [-0.25, -0.2) is 13.1 Å². The molecule has 0 saturated carbocycles. The lowest BCUT2D eigenvalue weighted by molar-refractivity contribution is 0.0624. The van der Waals surface area contributed by atoms with Gasteiger partial charge in [0.1, 0.15) is 0 Å². The van der Waals surface area contributed by atoms with Crippen LogP contribution >= 0.6 is 11.3 Å². The van der Waals surface area contributed by atoms with Crippen LogP contribution in [0.15, 0.2) is 6.07 Å². The summed E-state index contributed by atoms with van der Waals surface area (Å²) in [5.74, 6) is 0.763. The molecule has 24 heavy (non-hydrogen) atoms. The molecule has 2 aliphatic rings. The molecule has 1 aromatic rings. The van der Waals surface area contributed by atoms with Crippen LogP contribution in [-0.4, -0.2) is 44.6 Å². The van der Waals surface area contributed by atoms with Crippen LogP contribution < -0.4 is 4.72 Å². The fraction of sp³-hybridized carbons (Fsp3) is 0.706. The molecule has 0 spiro atoms. The highest BCUT2D eigenvalue weighted by Gasteiger charge is 2.30. The lowest BCUT2D eigenvalue weighted by Gasteiger charge is -2.35. The van der Waals surface area contributed by atoms with E-state index >= 15 is 0 Å². The standard InChI is InChI=1S/C17H26N2O3S2/c1-12-6-7-15-13(9-12)10-16(23-15)17(20)19-8-4-3-5-14(19)11-18-24(2,21)22/h10,12,14,18H,3-9,11H2,1-2H3. The second-order valence-corrected chi connectivity index (χ2v) is 10.1. The number of fused-ring (bicyclic) bond motifs is 1. The maximum Gasteiger partial charge on any atom is 0.264 e. The lowest BCUT2D eigenvalue weighted by Crippen LogP contribution is -2.49. The Morgan fingerprint density at radius 1 is 1.38 bits per heavy atom. The average Bonchev–Trinajstić information content (AvgIpc) is 2.95. The van der Waals surface area contributed by atoms with Crippen LogP contribution in [0.25, 0.3) is 0 Å². The smallest absolute Gasteiger partial charge is 0.264 e. The molecule has 2 unspecified atom stereocenters. The molecule has 2 atom stereocenters. The van der Waals surface area contributed by atoms with Gasteiger partial charge in [0, 0.05) is 24.0 Å².